The van der Waals surface area contributed by atoms with Crippen LogP contribution in [0.25, 0.3) is 6.08 Å². The lowest BCUT2D eigenvalue weighted by atomic mass is 10.2. The molecule has 0 aliphatic carbocycles. The van der Waals surface area contributed by atoms with E-state index in [1.807, 2.05) is 0 Å². The van der Waals surface area contributed by atoms with Crippen LogP contribution in [0.4, 0.5) is 0 Å². The first-order chi connectivity index (χ1) is 13.4. The Morgan fingerprint density at radius 1 is 1.25 bits per heavy atom. The molecule has 0 fully saturated rings. The van der Waals surface area contributed by atoms with Crippen LogP contribution in [0, 0.1) is 0 Å². The number of esters is 2. The lowest BCUT2D eigenvalue weighted by Gasteiger charge is -2.10. The number of methoxy groups -OCH3 is 1. The molecule has 2 aromatic carbocycles. The molecule has 0 unspecified atom stereocenters. The highest BCUT2D eigenvalue weighted by Crippen LogP contribution is 2.36. The summed E-state index contributed by atoms with van der Waals surface area (Å²) < 4.78 is 16.4. The molecule has 0 saturated heterocycles. The molecular formula is C19H12Br2ClNO5. The summed E-state index contributed by atoms with van der Waals surface area (Å²) in [5.41, 5.74) is 1.34. The van der Waals surface area contributed by atoms with E-state index < -0.39 is 11.9 Å². The van der Waals surface area contributed by atoms with Crippen molar-refractivity contribution >= 4 is 67.4 Å². The van der Waals surface area contributed by atoms with Crippen molar-refractivity contribution in [2.75, 3.05) is 13.7 Å². The first kappa shape index (κ1) is 20.6. The summed E-state index contributed by atoms with van der Waals surface area (Å²) >= 11 is 12.9. The Morgan fingerprint density at radius 3 is 2.57 bits per heavy atom. The first-order valence-electron chi connectivity index (χ1n) is 7.85. The molecule has 0 aromatic heterocycles. The van der Waals surface area contributed by atoms with Crippen LogP contribution in [0.5, 0.6) is 5.75 Å². The van der Waals surface area contributed by atoms with Crippen LogP contribution >= 0.6 is 43.5 Å². The molecule has 0 saturated carbocycles. The van der Waals surface area contributed by atoms with E-state index in [1.165, 1.54) is 7.11 Å². The summed E-state index contributed by atoms with van der Waals surface area (Å²) in [5.74, 6) is -0.492. The second-order valence-corrected chi connectivity index (χ2v) is 7.61. The molecule has 2 aromatic rings. The Morgan fingerprint density at radius 2 is 1.93 bits per heavy atom. The normalized spacial score (nSPS) is 14.6. The zero-order valence-corrected chi connectivity index (χ0v) is 18.3. The third-order valence-corrected chi connectivity index (χ3v) is 5.12. The number of carbonyl (C=O) groups excluding carboxylic acids is 2. The van der Waals surface area contributed by atoms with E-state index in [0.717, 1.165) is 0 Å². The van der Waals surface area contributed by atoms with Gasteiger partial charge in [-0.05, 0) is 67.8 Å². The number of nitrogens with zero attached hydrogens (tertiary/aromatic N) is 1. The smallest absolute Gasteiger partial charge is 0.363 e. The van der Waals surface area contributed by atoms with E-state index in [0.29, 0.717) is 30.8 Å². The maximum atomic E-state index is 12.2. The summed E-state index contributed by atoms with van der Waals surface area (Å²) in [7, 11) is 1.28. The molecule has 9 heteroatoms. The van der Waals surface area contributed by atoms with Crippen LogP contribution in [-0.4, -0.2) is 31.6 Å². The molecule has 1 aliphatic heterocycles. The Bertz CT molecular complexity index is 996. The zero-order valence-electron chi connectivity index (χ0n) is 14.4. The van der Waals surface area contributed by atoms with E-state index in [2.05, 4.69) is 41.6 Å². The minimum absolute atomic E-state index is 0.136. The predicted octanol–water partition coefficient (Wildman–Crippen LogP) is 4.76. The molecule has 144 valence electrons. The number of rotatable bonds is 5. The van der Waals surface area contributed by atoms with Gasteiger partial charge in [0, 0.05) is 0 Å². The van der Waals surface area contributed by atoms with Crippen molar-refractivity contribution < 1.29 is 23.8 Å². The number of carbonyl (C=O) groups is 2. The molecule has 0 N–H and O–H groups in total. The highest BCUT2D eigenvalue weighted by atomic mass is 79.9. The van der Waals surface area contributed by atoms with Gasteiger partial charge < -0.3 is 14.2 Å². The highest BCUT2D eigenvalue weighted by Gasteiger charge is 2.25. The molecule has 6 nitrogen and oxygen atoms in total. The average molecular weight is 530 g/mol. The molecule has 0 bridgehead atoms. The van der Waals surface area contributed by atoms with Crippen molar-refractivity contribution in [2.24, 2.45) is 4.99 Å². The second-order valence-electron chi connectivity index (χ2n) is 5.49. The molecular weight excluding hydrogens is 517 g/mol. The number of halogens is 3. The number of aliphatic imine (C=N–C) groups is 1. The predicted molar refractivity (Wildman–Crippen MR) is 111 cm³/mol. The van der Waals surface area contributed by atoms with Gasteiger partial charge in [-0.25, -0.2) is 14.6 Å². The van der Waals surface area contributed by atoms with E-state index in [1.54, 1.807) is 42.5 Å². The van der Waals surface area contributed by atoms with Gasteiger partial charge in [0.25, 0.3) is 0 Å². The molecule has 3 rings (SSSR count). The van der Waals surface area contributed by atoms with Gasteiger partial charge in [-0.1, -0.05) is 23.7 Å². The van der Waals surface area contributed by atoms with E-state index >= 15 is 0 Å². The maximum absolute atomic E-state index is 12.2. The van der Waals surface area contributed by atoms with Crippen LogP contribution in [-0.2, 0) is 19.1 Å². The van der Waals surface area contributed by atoms with Crippen LogP contribution in [0.3, 0.4) is 0 Å². The standard InChI is InChI=1S/C19H12Br2ClNO5/c1-26-16(24)9-27-17-12(20)6-10(7-13(17)21)8-15-19(25)28-18(23-15)11-4-2-3-5-14(11)22/h2-8H,9H2,1H3/b15-8-. The van der Waals surface area contributed by atoms with Crippen molar-refractivity contribution in [1.29, 1.82) is 0 Å². The second kappa shape index (κ2) is 8.89. The topological polar surface area (TPSA) is 74.2 Å². The van der Waals surface area contributed by atoms with Crippen LogP contribution in [0.15, 0.2) is 56.0 Å². The number of cyclic esters (lactones) is 1. The van der Waals surface area contributed by atoms with E-state index in [4.69, 9.17) is 21.1 Å². The van der Waals surface area contributed by atoms with Crippen molar-refractivity contribution in [3.05, 3.63) is 67.2 Å². The Labute approximate surface area is 182 Å². The number of hydrogen-bond acceptors (Lipinski definition) is 6. The van der Waals surface area contributed by atoms with Gasteiger partial charge in [0.05, 0.1) is 26.6 Å². The summed E-state index contributed by atoms with van der Waals surface area (Å²) in [5, 5.41) is 0.438. The fourth-order valence-electron chi connectivity index (χ4n) is 2.31. The fourth-order valence-corrected chi connectivity index (χ4v) is 3.97. The summed E-state index contributed by atoms with van der Waals surface area (Å²) in [6, 6.07) is 10.4. The van der Waals surface area contributed by atoms with E-state index in [-0.39, 0.29) is 18.2 Å². The van der Waals surface area contributed by atoms with Gasteiger partial charge in [0.1, 0.15) is 5.75 Å². The minimum Gasteiger partial charge on any atom is -0.480 e. The molecule has 1 aliphatic rings. The van der Waals surface area contributed by atoms with Crippen molar-refractivity contribution in [3.8, 4) is 5.75 Å². The van der Waals surface area contributed by atoms with E-state index in [9.17, 15) is 9.59 Å². The van der Waals surface area contributed by atoms with Gasteiger partial charge in [-0.2, -0.15) is 0 Å². The maximum Gasteiger partial charge on any atom is 0.363 e. The monoisotopic (exact) mass is 527 g/mol. The average Bonchev–Trinajstić information content (AvgIpc) is 3.01. The van der Waals surface area contributed by atoms with Crippen molar-refractivity contribution in [2.45, 2.75) is 0 Å². The quantitative estimate of drug-likeness (QED) is 0.413. The number of hydrogen-bond donors (Lipinski definition) is 0. The SMILES string of the molecule is COC(=O)COc1c(Br)cc(/C=C2\N=C(c3ccccc3Cl)OC2=O)cc1Br. The lowest BCUT2D eigenvalue weighted by molar-refractivity contribution is -0.143. The van der Waals surface area contributed by atoms with Crippen LogP contribution in [0.2, 0.25) is 5.02 Å². The Kier molecular flexibility index (Phi) is 6.53. The van der Waals surface area contributed by atoms with Crippen molar-refractivity contribution in [3.63, 3.8) is 0 Å². The summed E-state index contributed by atoms with van der Waals surface area (Å²) in [4.78, 5) is 27.7. The van der Waals surface area contributed by atoms with Gasteiger partial charge >= 0.3 is 11.9 Å². The number of benzene rings is 2. The van der Waals surface area contributed by atoms with Gasteiger partial charge in [-0.15, -0.1) is 0 Å². The third kappa shape index (κ3) is 4.63. The Hall–Kier alpha value is -2.16. The summed E-state index contributed by atoms with van der Waals surface area (Å²) in [6.45, 7) is -0.230. The molecule has 1 heterocycles. The minimum atomic E-state index is -0.576. The van der Waals surface area contributed by atoms with Gasteiger partial charge in [0.2, 0.25) is 5.90 Å². The highest BCUT2D eigenvalue weighted by molar-refractivity contribution is 9.11. The molecule has 28 heavy (non-hydrogen) atoms. The molecule has 0 atom stereocenters. The van der Waals surface area contributed by atoms with Gasteiger partial charge in [-0.3, -0.25) is 0 Å². The lowest BCUT2D eigenvalue weighted by Crippen LogP contribution is -2.13. The van der Waals surface area contributed by atoms with Crippen LogP contribution in [0.1, 0.15) is 11.1 Å². The van der Waals surface area contributed by atoms with Crippen molar-refractivity contribution in [1.82, 2.24) is 0 Å². The molecule has 0 radical (unpaired) electrons. The van der Waals surface area contributed by atoms with Gasteiger partial charge in [0.15, 0.2) is 12.3 Å². The fraction of sp³-hybridized carbons (Fsp3) is 0.105. The number of ether oxygens (including phenoxy) is 3. The summed E-state index contributed by atoms with van der Waals surface area (Å²) in [6.07, 6.45) is 1.58. The third-order valence-electron chi connectivity index (χ3n) is 3.61. The Balaban J connectivity index is 1.88. The van der Waals surface area contributed by atoms with Crippen LogP contribution < -0.4 is 4.74 Å². The molecule has 0 spiro atoms. The molecule has 0 amide bonds. The first-order valence-corrected chi connectivity index (χ1v) is 9.81. The zero-order chi connectivity index (χ0) is 20.3. The largest absolute Gasteiger partial charge is 0.480 e.